The highest BCUT2D eigenvalue weighted by Gasteiger charge is 2.11. The predicted octanol–water partition coefficient (Wildman–Crippen LogP) is 2.01. The number of methoxy groups -OCH3 is 1. The molecule has 0 spiro atoms. The van der Waals surface area contributed by atoms with E-state index in [-0.39, 0.29) is 18.8 Å². The summed E-state index contributed by atoms with van der Waals surface area (Å²) >= 11 is 0. The summed E-state index contributed by atoms with van der Waals surface area (Å²) in [4.78, 5) is 0. The molecule has 1 aromatic rings. The normalized spacial score (nSPS) is 14.7. The molecule has 1 aromatic carbocycles. The molecule has 15 heavy (non-hydrogen) atoms. The van der Waals surface area contributed by atoms with E-state index in [0.29, 0.717) is 0 Å². The average molecular weight is 209 g/mol. The number of para-hydroxylation sites is 1. The fraction of sp³-hybridized carbons (Fsp3) is 0.500. The molecule has 1 rings (SSSR count). The Hall–Kier alpha value is -1.06. The van der Waals surface area contributed by atoms with Crippen LogP contribution in [0.5, 0.6) is 0 Å². The number of hydrogen-bond donors (Lipinski definition) is 2. The zero-order valence-electron chi connectivity index (χ0n) is 9.53. The first kappa shape index (κ1) is 12.0. The van der Waals surface area contributed by atoms with Crippen molar-refractivity contribution in [3.05, 3.63) is 29.8 Å². The van der Waals surface area contributed by atoms with Crippen molar-refractivity contribution in [3.63, 3.8) is 0 Å². The van der Waals surface area contributed by atoms with Crippen LogP contribution in [0.15, 0.2) is 24.3 Å². The van der Waals surface area contributed by atoms with Gasteiger partial charge in [0.1, 0.15) is 0 Å². The first-order chi connectivity index (χ1) is 7.19. The molecule has 84 valence electrons. The van der Waals surface area contributed by atoms with Crippen molar-refractivity contribution in [2.75, 3.05) is 12.4 Å². The lowest BCUT2D eigenvalue weighted by atomic mass is 10.1. The van der Waals surface area contributed by atoms with Crippen molar-refractivity contribution in [3.8, 4) is 0 Å². The Kier molecular flexibility index (Phi) is 4.59. The van der Waals surface area contributed by atoms with Gasteiger partial charge in [-0.1, -0.05) is 18.2 Å². The lowest BCUT2D eigenvalue weighted by Gasteiger charge is -2.22. The molecule has 0 fully saturated rings. The molecule has 3 nitrogen and oxygen atoms in total. The minimum absolute atomic E-state index is 0.0528. The van der Waals surface area contributed by atoms with Crippen molar-refractivity contribution < 1.29 is 9.84 Å². The van der Waals surface area contributed by atoms with Crippen LogP contribution in [0.1, 0.15) is 19.4 Å². The van der Waals surface area contributed by atoms with Gasteiger partial charge in [-0.15, -0.1) is 0 Å². The van der Waals surface area contributed by atoms with Gasteiger partial charge in [-0.3, -0.25) is 0 Å². The summed E-state index contributed by atoms with van der Waals surface area (Å²) in [5, 5.41) is 12.5. The third kappa shape index (κ3) is 3.22. The van der Waals surface area contributed by atoms with Crippen LogP contribution in [0.2, 0.25) is 0 Å². The Balaban J connectivity index is 2.71. The summed E-state index contributed by atoms with van der Waals surface area (Å²) in [5.41, 5.74) is 1.88. The number of rotatable bonds is 5. The molecule has 0 heterocycles. The topological polar surface area (TPSA) is 41.5 Å². The quantitative estimate of drug-likeness (QED) is 0.779. The largest absolute Gasteiger partial charge is 0.392 e. The molecule has 0 aliphatic rings. The van der Waals surface area contributed by atoms with Crippen molar-refractivity contribution in [1.29, 1.82) is 0 Å². The molecule has 0 radical (unpaired) electrons. The molecule has 0 amide bonds. The van der Waals surface area contributed by atoms with Gasteiger partial charge in [-0.25, -0.2) is 0 Å². The number of nitrogens with one attached hydrogen (secondary N) is 1. The second kappa shape index (κ2) is 5.73. The molecule has 0 saturated heterocycles. The van der Waals surface area contributed by atoms with Gasteiger partial charge in [0, 0.05) is 24.4 Å². The van der Waals surface area contributed by atoms with Crippen molar-refractivity contribution in [1.82, 2.24) is 0 Å². The van der Waals surface area contributed by atoms with Gasteiger partial charge in [-0.05, 0) is 19.9 Å². The fourth-order valence-corrected chi connectivity index (χ4v) is 1.37. The first-order valence-electron chi connectivity index (χ1n) is 5.17. The van der Waals surface area contributed by atoms with E-state index in [0.717, 1.165) is 11.3 Å². The molecule has 0 aliphatic heterocycles. The summed E-state index contributed by atoms with van der Waals surface area (Å²) in [6, 6.07) is 7.95. The van der Waals surface area contributed by atoms with Crippen LogP contribution in [0, 0.1) is 0 Å². The van der Waals surface area contributed by atoms with E-state index in [2.05, 4.69) is 12.2 Å². The Bertz CT molecular complexity index is 301. The maximum absolute atomic E-state index is 9.16. The highest BCUT2D eigenvalue weighted by molar-refractivity contribution is 5.51. The first-order valence-corrected chi connectivity index (χ1v) is 5.17. The Morgan fingerprint density at radius 1 is 1.33 bits per heavy atom. The summed E-state index contributed by atoms with van der Waals surface area (Å²) in [6.45, 7) is 4.12. The monoisotopic (exact) mass is 209 g/mol. The summed E-state index contributed by atoms with van der Waals surface area (Å²) in [5.74, 6) is 0. The summed E-state index contributed by atoms with van der Waals surface area (Å²) < 4.78 is 5.23. The van der Waals surface area contributed by atoms with Gasteiger partial charge in [0.2, 0.25) is 0 Å². The maximum atomic E-state index is 9.16. The Morgan fingerprint density at radius 2 is 2.00 bits per heavy atom. The van der Waals surface area contributed by atoms with Gasteiger partial charge < -0.3 is 15.2 Å². The lowest BCUT2D eigenvalue weighted by molar-refractivity contribution is 0.106. The van der Waals surface area contributed by atoms with E-state index in [1.807, 2.05) is 31.2 Å². The summed E-state index contributed by atoms with van der Waals surface area (Å²) in [7, 11) is 1.70. The zero-order valence-corrected chi connectivity index (χ0v) is 9.53. The van der Waals surface area contributed by atoms with E-state index >= 15 is 0 Å². The van der Waals surface area contributed by atoms with Crippen LogP contribution >= 0.6 is 0 Å². The maximum Gasteiger partial charge on any atom is 0.0741 e. The number of benzene rings is 1. The minimum Gasteiger partial charge on any atom is -0.392 e. The SMILES string of the molecule is COC(C)C(C)Nc1ccccc1CO. The number of hydrogen-bond acceptors (Lipinski definition) is 3. The molecule has 0 saturated carbocycles. The number of ether oxygens (including phenoxy) is 1. The molecular formula is C12H19NO2. The van der Waals surface area contributed by atoms with Gasteiger partial charge in [-0.2, -0.15) is 0 Å². The number of anilines is 1. The average Bonchev–Trinajstić information content (AvgIpc) is 2.28. The van der Waals surface area contributed by atoms with Crippen molar-refractivity contribution in [2.45, 2.75) is 32.6 Å². The van der Waals surface area contributed by atoms with E-state index < -0.39 is 0 Å². The molecule has 2 unspecified atom stereocenters. The van der Waals surface area contributed by atoms with Crippen LogP contribution < -0.4 is 5.32 Å². The molecule has 0 aliphatic carbocycles. The van der Waals surface area contributed by atoms with Gasteiger partial charge in [0.15, 0.2) is 0 Å². The third-order valence-electron chi connectivity index (χ3n) is 2.65. The molecular weight excluding hydrogens is 190 g/mol. The molecule has 2 atom stereocenters. The zero-order chi connectivity index (χ0) is 11.3. The third-order valence-corrected chi connectivity index (χ3v) is 2.65. The van der Waals surface area contributed by atoms with Crippen LogP contribution in [0.25, 0.3) is 0 Å². The molecule has 0 aromatic heterocycles. The molecule has 0 bridgehead atoms. The van der Waals surface area contributed by atoms with Crippen molar-refractivity contribution >= 4 is 5.69 Å². The van der Waals surface area contributed by atoms with Gasteiger partial charge >= 0.3 is 0 Å². The van der Waals surface area contributed by atoms with Crippen LogP contribution in [-0.2, 0) is 11.3 Å². The Morgan fingerprint density at radius 3 is 2.60 bits per heavy atom. The fourth-order valence-electron chi connectivity index (χ4n) is 1.37. The summed E-state index contributed by atoms with van der Waals surface area (Å²) in [6.07, 6.45) is 0.136. The Labute approximate surface area is 91.1 Å². The van der Waals surface area contributed by atoms with Crippen molar-refractivity contribution in [2.24, 2.45) is 0 Å². The highest BCUT2D eigenvalue weighted by atomic mass is 16.5. The smallest absolute Gasteiger partial charge is 0.0741 e. The van der Waals surface area contributed by atoms with Gasteiger partial charge in [0.05, 0.1) is 12.7 Å². The molecule has 2 N–H and O–H groups in total. The van der Waals surface area contributed by atoms with E-state index in [4.69, 9.17) is 9.84 Å². The van der Waals surface area contributed by atoms with Gasteiger partial charge in [0.25, 0.3) is 0 Å². The second-order valence-electron chi connectivity index (χ2n) is 3.69. The minimum atomic E-state index is 0.0528. The van der Waals surface area contributed by atoms with Crippen LogP contribution in [0.4, 0.5) is 5.69 Å². The predicted molar refractivity (Wildman–Crippen MR) is 61.9 cm³/mol. The standard InChI is InChI=1S/C12H19NO2/c1-9(10(2)15-3)13-12-7-5-4-6-11(12)8-14/h4-7,9-10,13-14H,8H2,1-3H3. The second-order valence-corrected chi connectivity index (χ2v) is 3.69. The van der Waals surface area contributed by atoms with Crippen LogP contribution in [0.3, 0.4) is 0 Å². The number of aliphatic hydroxyl groups excluding tert-OH is 1. The lowest BCUT2D eigenvalue weighted by Crippen LogP contribution is -2.30. The van der Waals surface area contributed by atoms with E-state index in [1.165, 1.54) is 0 Å². The van der Waals surface area contributed by atoms with Crippen LogP contribution in [-0.4, -0.2) is 24.4 Å². The molecule has 3 heteroatoms. The highest BCUT2D eigenvalue weighted by Crippen LogP contribution is 2.17. The van der Waals surface area contributed by atoms with E-state index in [1.54, 1.807) is 7.11 Å². The van der Waals surface area contributed by atoms with E-state index in [9.17, 15) is 0 Å². The number of aliphatic hydroxyl groups is 1.